The van der Waals surface area contributed by atoms with Crippen LogP contribution < -0.4 is 0 Å². The number of nitrogens with one attached hydrogen (secondary N) is 1. The molecule has 0 unspecified atom stereocenters. The Morgan fingerprint density at radius 1 is 1.58 bits per heavy atom. The maximum atomic E-state index is 12.3. The minimum absolute atomic E-state index is 0.1000. The SMILES string of the molecule is Cc1csc([C@@H]2CCCN(C(=O)c3ccc[nH]3)C2)n1. The van der Waals surface area contributed by atoms with E-state index in [0.717, 1.165) is 31.6 Å². The summed E-state index contributed by atoms with van der Waals surface area (Å²) in [4.78, 5) is 21.8. The molecule has 3 rings (SSSR count). The zero-order chi connectivity index (χ0) is 13.2. The van der Waals surface area contributed by atoms with Crippen molar-refractivity contribution in [1.82, 2.24) is 14.9 Å². The topological polar surface area (TPSA) is 49.0 Å². The molecular weight excluding hydrogens is 258 g/mol. The largest absolute Gasteiger partial charge is 0.357 e. The molecule has 0 radical (unpaired) electrons. The van der Waals surface area contributed by atoms with Crippen LogP contribution in [0.2, 0.25) is 0 Å². The lowest BCUT2D eigenvalue weighted by molar-refractivity contribution is 0.0702. The van der Waals surface area contributed by atoms with Gasteiger partial charge in [0.15, 0.2) is 0 Å². The molecule has 1 saturated heterocycles. The standard InChI is InChI=1S/C14H17N3OS/c1-10-9-19-13(16-10)11-4-3-7-17(8-11)14(18)12-5-2-6-15-12/h2,5-6,9,11,15H,3-4,7-8H2,1H3/t11-/m1/s1. The van der Waals surface area contributed by atoms with Crippen molar-refractivity contribution < 1.29 is 4.79 Å². The van der Waals surface area contributed by atoms with Gasteiger partial charge in [-0.05, 0) is 31.9 Å². The molecule has 1 fully saturated rings. The van der Waals surface area contributed by atoms with Gasteiger partial charge in [0.05, 0.1) is 5.01 Å². The normalized spacial score (nSPS) is 19.6. The molecule has 3 heterocycles. The van der Waals surface area contributed by atoms with Gasteiger partial charge in [-0.25, -0.2) is 4.98 Å². The van der Waals surface area contributed by atoms with E-state index in [-0.39, 0.29) is 5.91 Å². The number of rotatable bonds is 2. The minimum atomic E-state index is 0.1000. The average Bonchev–Trinajstić information content (AvgIpc) is 3.09. The lowest BCUT2D eigenvalue weighted by Crippen LogP contribution is -2.39. The second kappa shape index (κ2) is 5.17. The van der Waals surface area contributed by atoms with Crippen molar-refractivity contribution in [2.24, 2.45) is 0 Å². The maximum absolute atomic E-state index is 12.3. The second-order valence-electron chi connectivity index (χ2n) is 5.00. The van der Waals surface area contributed by atoms with Crippen LogP contribution in [0.15, 0.2) is 23.7 Å². The fourth-order valence-electron chi connectivity index (χ4n) is 2.56. The summed E-state index contributed by atoms with van der Waals surface area (Å²) >= 11 is 1.71. The molecule has 2 aromatic heterocycles. The van der Waals surface area contributed by atoms with E-state index in [2.05, 4.69) is 15.3 Å². The molecule has 1 N–H and O–H groups in total. The van der Waals surface area contributed by atoms with E-state index in [1.165, 1.54) is 5.01 Å². The van der Waals surface area contributed by atoms with Crippen molar-refractivity contribution >= 4 is 17.2 Å². The third kappa shape index (κ3) is 2.56. The van der Waals surface area contributed by atoms with Crippen LogP contribution in [-0.4, -0.2) is 33.9 Å². The van der Waals surface area contributed by atoms with Crippen LogP contribution in [0.25, 0.3) is 0 Å². The molecule has 0 aliphatic carbocycles. The van der Waals surface area contributed by atoms with Gasteiger partial charge < -0.3 is 9.88 Å². The molecule has 0 bridgehead atoms. The van der Waals surface area contributed by atoms with Crippen molar-refractivity contribution in [3.05, 3.63) is 40.1 Å². The quantitative estimate of drug-likeness (QED) is 0.916. The number of hydrogen-bond acceptors (Lipinski definition) is 3. The van der Waals surface area contributed by atoms with Crippen LogP contribution in [-0.2, 0) is 0 Å². The first-order chi connectivity index (χ1) is 9.24. The van der Waals surface area contributed by atoms with Gasteiger partial charge in [0.25, 0.3) is 5.91 Å². The fourth-order valence-corrected chi connectivity index (χ4v) is 3.48. The van der Waals surface area contributed by atoms with Crippen molar-refractivity contribution in [2.75, 3.05) is 13.1 Å². The Morgan fingerprint density at radius 3 is 3.16 bits per heavy atom. The number of aryl methyl sites for hydroxylation is 1. The van der Waals surface area contributed by atoms with Crippen LogP contribution in [0.5, 0.6) is 0 Å². The van der Waals surface area contributed by atoms with Crippen molar-refractivity contribution in [2.45, 2.75) is 25.7 Å². The highest BCUT2D eigenvalue weighted by molar-refractivity contribution is 7.09. The lowest BCUT2D eigenvalue weighted by atomic mass is 9.98. The molecule has 1 aliphatic rings. The van der Waals surface area contributed by atoms with Gasteiger partial charge in [-0.1, -0.05) is 0 Å². The Labute approximate surface area is 116 Å². The van der Waals surface area contributed by atoms with Gasteiger partial charge in [-0.3, -0.25) is 4.79 Å². The molecule has 4 nitrogen and oxygen atoms in total. The van der Waals surface area contributed by atoms with Gasteiger partial charge >= 0.3 is 0 Å². The molecule has 5 heteroatoms. The molecule has 0 spiro atoms. The summed E-state index contributed by atoms with van der Waals surface area (Å²) in [5.41, 5.74) is 1.75. The van der Waals surface area contributed by atoms with E-state index in [0.29, 0.717) is 11.6 Å². The van der Waals surface area contributed by atoms with E-state index in [1.54, 1.807) is 17.5 Å². The number of H-pyrrole nitrogens is 1. The monoisotopic (exact) mass is 275 g/mol. The number of thiazole rings is 1. The fraction of sp³-hybridized carbons (Fsp3) is 0.429. The van der Waals surface area contributed by atoms with E-state index in [4.69, 9.17) is 0 Å². The number of carbonyl (C=O) groups excluding carboxylic acids is 1. The predicted molar refractivity (Wildman–Crippen MR) is 75.5 cm³/mol. The summed E-state index contributed by atoms with van der Waals surface area (Å²) in [6, 6.07) is 3.69. The van der Waals surface area contributed by atoms with Crippen molar-refractivity contribution in [3.8, 4) is 0 Å². The van der Waals surface area contributed by atoms with Crippen LogP contribution >= 0.6 is 11.3 Å². The molecule has 100 valence electrons. The summed E-state index contributed by atoms with van der Waals surface area (Å²) in [5, 5.41) is 3.25. The molecule has 1 atom stereocenters. The Balaban J connectivity index is 1.73. The Morgan fingerprint density at radius 2 is 2.47 bits per heavy atom. The molecular formula is C14H17N3OS. The number of aromatic amines is 1. The Kier molecular flexibility index (Phi) is 3.38. The number of amides is 1. The summed E-state index contributed by atoms with van der Waals surface area (Å²) in [5.74, 6) is 0.495. The van der Waals surface area contributed by atoms with E-state index in [9.17, 15) is 4.79 Å². The zero-order valence-corrected chi connectivity index (χ0v) is 11.7. The van der Waals surface area contributed by atoms with Crippen molar-refractivity contribution in [1.29, 1.82) is 0 Å². The molecule has 19 heavy (non-hydrogen) atoms. The highest BCUT2D eigenvalue weighted by atomic mass is 32.1. The summed E-state index contributed by atoms with van der Waals surface area (Å²) in [7, 11) is 0. The van der Waals surface area contributed by atoms with Gasteiger partial charge in [0, 0.05) is 36.3 Å². The minimum Gasteiger partial charge on any atom is -0.357 e. The van der Waals surface area contributed by atoms with Gasteiger partial charge in [0.2, 0.25) is 0 Å². The summed E-state index contributed by atoms with van der Waals surface area (Å²) < 4.78 is 0. The highest BCUT2D eigenvalue weighted by Crippen LogP contribution is 2.29. The smallest absolute Gasteiger partial charge is 0.270 e. The Bertz CT molecular complexity index is 561. The predicted octanol–water partition coefficient (Wildman–Crippen LogP) is 2.80. The number of likely N-dealkylation sites (tertiary alicyclic amines) is 1. The number of nitrogens with zero attached hydrogens (tertiary/aromatic N) is 2. The van der Waals surface area contributed by atoms with Crippen LogP contribution in [0.3, 0.4) is 0 Å². The molecule has 0 aromatic carbocycles. The lowest BCUT2D eigenvalue weighted by Gasteiger charge is -2.31. The van der Waals surface area contributed by atoms with E-state index in [1.807, 2.05) is 24.0 Å². The highest BCUT2D eigenvalue weighted by Gasteiger charge is 2.27. The van der Waals surface area contributed by atoms with Crippen LogP contribution in [0.1, 0.15) is 39.9 Å². The second-order valence-corrected chi connectivity index (χ2v) is 5.89. The third-order valence-electron chi connectivity index (χ3n) is 3.52. The van der Waals surface area contributed by atoms with Crippen molar-refractivity contribution in [3.63, 3.8) is 0 Å². The van der Waals surface area contributed by atoms with Crippen LogP contribution in [0, 0.1) is 6.92 Å². The number of hydrogen-bond donors (Lipinski definition) is 1. The zero-order valence-electron chi connectivity index (χ0n) is 10.9. The number of piperidine rings is 1. The van der Waals surface area contributed by atoms with Crippen LogP contribution in [0.4, 0.5) is 0 Å². The summed E-state index contributed by atoms with van der Waals surface area (Å²) in [6.07, 6.45) is 3.97. The van der Waals surface area contributed by atoms with Gasteiger partial charge in [0.1, 0.15) is 5.69 Å². The van der Waals surface area contributed by atoms with E-state index < -0.39 is 0 Å². The first-order valence-corrected chi connectivity index (χ1v) is 7.46. The first kappa shape index (κ1) is 12.4. The third-order valence-corrected chi connectivity index (χ3v) is 4.65. The molecule has 1 aliphatic heterocycles. The van der Waals surface area contributed by atoms with Gasteiger partial charge in [-0.2, -0.15) is 0 Å². The number of carbonyl (C=O) groups is 1. The molecule has 0 saturated carbocycles. The Hall–Kier alpha value is -1.62. The summed E-state index contributed by atoms with van der Waals surface area (Å²) in [6.45, 7) is 3.65. The van der Waals surface area contributed by atoms with E-state index >= 15 is 0 Å². The maximum Gasteiger partial charge on any atom is 0.270 e. The molecule has 2 aromatic rings. The average molecular weight is 275 g/mol. The molecule has 1 amide bonds. The number of aromatic nitrogens is 2. The first-order valence-electron chi connectivity index (χ1n) is 6.59. The van der Waals surface area contributed by atoms with Gasteiger partial charge in [-0.15, -0.1) is 11.3 Å².